The summed E-state index contributed by atoms with van der Waals surface area (Å²) in [6.45, 7) is 0.815. The van der Waals surface area contributed by atoms with E-state index in [1.807, 2.05) is 0 Å². The first-order valence-corrected chi connectivity index (χ1v) is 6.93. The molecule has 21 heavy (non-hydrogen) atoms. The summed E-state index contributed by atoms with van der Waals surface area (Å²) < 4.78 is 50.6. The lowest BCUT2D eigenvalue weighted by atomic mass is 10.0. The van der Waals surface area contributed by atoms with Crippen molar-refractivity contribution in [1.82, 2.24) is 0 Å². The first kappa shape index (κ1) is 16.1. The molecular weight excluding hydrogens is 357 g/mol. The normalized spacial score (nSPS) is 18.6. The van der Waals surface area contributed by atoms with E-state index in [-0.39, 0.29) is 34.3 Å². The fourth-order valence-corrected chi connectivity index (χ4v) is 2.28. The smallest absolute Gasteiger partial charge is 0.486 e. The van der Waals surface area contributed by atoms with Crippen LogP contribution in [0.1, 0.15) is 6.42 Å². The maximum atomic E-state index is 12.1. The van der Waals surface area contributed by atoms with Crippen LogP contribution >= 0.6 is 15.9 Å². The van der Waals surface area contributed by atoms with Gasteiger partial charge in [0, 0.05) is 12.5 Å². The van der Waals surface area contributed by atoms with Crippen molar-refractivity contribution in [3.63, 3.8) is 0 Å². The summed E-state index contributed by atoms with van der Waals surface area (Å²) >= 11 is 2.96. The quantitative estimate of drug-likeness (QED) is 0.799. The highest BCUT2D eigenvalue weighted by molar-refractivity contribution is 9.10. The number of carbonyl (C=O) groups is 1. The van der Waals surface area contributed by atoms with Crippen molar-refractivity contribution in [3.05, 3.63) is 22.7 Å². The Labute approximate surface area is 127 Å². The molecule has 0 bridgehead atoms. The molecule has 1 aromatic carbocycles. The molecule has 0 saturated carbocycles. The summed E-state index contributed by atoms with van der Waals surface area (Å²) in [5, 5.41) is 0. The van der Waals surface area contributed by atoms with E-state index in [9.17, 15) is 18.0 Å². The van der Waals surface area contributed by atoms with Crippen molar-refractivity contribution >= 4 is 21.7 Å². The van der Waals surface area contributed by atoms with Crippen LogP contribution in [-0.4, -0.2) is 32.0 Å². The third-order valence-electron chi connectivity index (χ3n) is 2.90. The lowest BCUT2D eigenvalue weighted by molar-refractivity contribution is -0.274. The topological polar surface area (TPSA) is 44.8 Å². The zero-order valence-electron chi connectivity index (χ0n) is 10.8. The van der Waals surface area contributed by atoms with Gasteiger partial charge >= 0.3 is 6.36 Å². The van der Waals surface area contributed by atoms with Crippen molar-refractivity contribution in [3.8, 4) is 11.5 Å². The van der Waals surface area contributed by atoms with E-state index in [0.717, 1.165) is 6.07 Å². The lowest BCUT2D eigenvalue weighted by Crippen LogP contribution is -2.21. The molecule has 1 heterocycles. The second-order valence-corrected chi connectivity index (χ2v) is 5.31. The maximum Gasteiger partial charge on any atom is 0.573 e. The first-order valence-electron chi connectivity index (χ1n) is 6.14. The van der Waals surface area contributed by atoms with Gasteiger partial charge in [-0.15, -0.1) is 13.2 Å². The molecule has 1 saturated heterocycles. The van der Waals surface area contributed by atoms with Gasteiger partial charge in [-0.1, -0.05) is 0 Å². The molecule has 0 aromatic heterocycles. The number of benzene rings is 1. The van der Waals surface area contributed by atoms with Gasteiger partial charge in [0.2, 0.25) is 0 Å². The Morgan fingerprint density at radius 2 is 2.19 bits per heavy atom. The van der Waals surface area contributed by atoms with E-state index < -0.39 is 6.36 Å². The largest absolute Gasteiger partial charge is 0.573 e. The van der Waals surface area contributed by atoms with Crippen LogP contribution in [0.2, 0.25) is 0 Å². The van der Waals surface area contributed by atoms with Gasteiger partial charge in [-0.25, -0.2) is 0 Å². The number of carbonyl (C=O) groups excluding carboxylic acids is 1. The van der Waals surface area contributed by atoms with E-state index >= 15 is 0 Å². The zero-order valence-corrected chi connectivity index (χ0v) is 12.4. The molecule has 2 rings (SSSR count). The predicted molar refractivity (Wildman–Crippen MR) is 70.3 cm³/mol. The van der Waals surface area contributed by atoms with Crippen molar-refractivity contribution in [1.29, 1.82) is 0 Å². The summed E-state index contributed by atoms with van der Waals surface area (Å²) in [6.07, 6.45) is -4.09. The van der Waals surface area contributed by atoms with Crippen molar-refractivity contribution < 1.29 is 32.2 Å². The van der Waals surface area contributed by atoms with Crippen LogP contribution in [0.4, 0.5) is 13.2 Å². The molecule has 0 aliphatic carbocycles. The number of Topliss-reactive ketones (excluding diaryl/α,β-unsaturated/α-hetero) is 1. The summed E-state index contributed by atoms with van der Waals surface area (Å²) in [4.78, 5) is 11.8. The third-order valence-corrected chi connectivity index (χ3v) is 3.51. The molecule has 116 valence electrons. The molecule has 1 aromatic rings. The van der Waals surface area contributed by atoms with Crippen LogP contribution in [0.5, 0.6) is 11.5 Å². The van der Waals surface area contributed by atoms with Crippen LogP contribution < -0.4 is 9.47 Å². The average Bonchev–Trinajstić information content (AvgIpc) is 2.91. The highest BCUT2D eigenvalue weighted by Gasteiger charge is 2.32. The molecule has 0 amide bonds. The minimum Gasteiger partial charge on any atom is -0.486 e. The standard InChI is InChI=1S/C13H12BrF3O4/c14-10-5-9(1-2-12(10)21-13(15,16)17)20-7-11(18)8-3-4-19-6-8/h1-2,5,8H,3-4,6-7H2. The van der Waals surface area contributed by atoms with Gasteiger partial charge < -0.3 is 14.2 Å². The van der Waals surface area contributed by atoms with Gasteiger partial charge in [0.05, 0.1) is 11.1 Å². The van der Waals surface area contributed by atoms with Crippen LogP contribution in [0.15, 0.2) is 22.7 Å². The molecule has 1 unspecified atom stereocenters. The number of rotatable bonds is 5. The summed E-state index contributed by atoms with van der Waals surface area (Å²) in [7, 11) is 0. The highest BCUT2D eigenvalue weighted by atomic mass is 79.9. The summed E-state index contributed by atoms with van der Waals surface area (Å²) in [5.74, 6) is -0.338. The van der Waals surface area contributed by atoms with E-state index in [2.05, 4.69) is 20.7 Å². The molecule has 0 spiro atoms. The summed E-state index contributed by atoms with van der Waals surface area (Å²) in [6, 6.07) is 3.75. The van der Waals surface area contributed by atoms with Crippen LogP contribution in [0, 0.1) is 5.92 Å². The van der Waals surface area contributed by atoms with E-state index in [4.69, 9.17) is 9.47 Å². The SMILES string of the molecule is O=C(COc1ccc(OC(F)(F)F)c(Br)c1)C1CCOC1. The number of hydrogen-bond acceptors (Lipinski definition) is 4. The fourth-order valence-electron chi connectivity index (χ4n) is 1.84. The first-order chi connectivity index (χ1) is 9.85. The molecule has 1 aliphatic heterocycles. The monoisotopic (exact) mass is 368 g/mol. The average molecular weight is 369 g/mol. The highest BCUT2D eigenvalue weighted by Crippen LogP contribution is 2.33. The Balaban J connectivity index is 1.92. The molecule has 4 nitrogen and oxygen atoms in total. The van der Waals surface area contributed by atoms with Crippen molar-refractivity contribution in [2.75, 3.05) is 19.8 Å². The molecular formula is C13H12BrF3O4. The third kappa shape index (κ3) is 4.89. The van der Waals surface area contributed by atoms with Crippen molar-refractivity contribution in [2.24, 2.45) is 5.92 Å². The number of ether oxygens (including phenoxy) is 3. The second-order valence-electron chi connectivity index (χ2n) is 4.46. The minimum atomic E-state index is -4.76. The lowest BCUT2D eigenvalue weighted by Gasteiger charge is -2.12. The molecule has 1 atom stereocenters. The summed E-state index contributed by atoms with van der Waals surface area (Å²) in [5.41, 5.74) is 0. The van der Waals surface area contributed by atoms with E-state index in [1.165, 1.54) is 12.1 Å². The zero-order chi connectivity index (χ0) is 15.5. The maximum absolute atomic E-state index is 12.1. The number of alkyl halides is 3. The Morgan fingerprint density at radius 3 is 2.76 bits per heavy atom. The number of hydrogen-bond donors (Lipinski definition) is 0. The van der Waals surface area contributed by atoms with Gasteiger partial charge in [0.15, 0.2) is 5.78 Å². The number of halogens is 4. The van der Waals surface area contributed by atoms with Gasteiger partial charge in [0.1, 0.15) is 18.1 Å². The van der Waals surface area contributed by atoms with Gasteiger partial charge in [-0.2, -0.15) is 0 Å². The Morgan fingerprint density at radius 1 is 1.43 bits per heavy atom. The Kier molecular flexibility index (Phi) is 5.10. The second kappa shape index (κ2) is 6.65. The fraction of sp³-hybridized carbons (Fsp3) is 0.462. The predicted octanol–water partition coefficient (Wildman–Crippen LogP) is 3.33. The van der Waals surface area contributed by atoms with Gasteiger partial charge in [-0.3, -0.25) is 4.79 Å². The molecule has 0 radical (unpaired) electrons. The van der Waals surface area contributed by atoms with E-state index in [1.54, 1.807) is 0 Å². The molecule has 0 N–H and O–H groups in total. The Bertz CT molecular complexity index is 513. The van der Waals surface area contributed by atoms with E-state index in [0.29, 0.717) is 19.6 Å². The number of ketones is 1. The molecule has 1 aliphatic rings. The van der Waals surface area contributed by atoms with Crippen LogP contribution in [0.25, 0.3) is 0 Å². The van der Waals surface area contributed by atoms with Gasteiger partial charge in [-0.05, 0) is 40.5 Å². The Hall–Kier alpha value is -1.28. The van der Waals surface area contributed by atoms with Gasteiger partial charge in [0.25, 0.3) is 0 Å². The van der Waals surface area contributed by atoms with Crippen LogP contribution in [0.3, 0.4) is 0 Å². The molecule has 8 heteroatoms. The van der Waals surface area contributed by atoms with Crippen molar-refractivity contribution in [2.45, 2.75) is 12.8 Å². The molecule has 1 fully saturated rings. The van der Waals surface area contributed by atoms with Crippen LogP contribution in [-0.2, 0) is 9.53 Å². The minimum absolute atomic E-state index is 0.0840.